The number of carbonyl (C=O) groups excluding carboxylic acids is 2. The molecule has 0 radical (unpaired) electrons. The van der Waals surface area contributed by atoms with Crippen molar-refractivity contribution < 1.29 is 19.1 Å². The molecule has 0 aromatic heterocycles. The number of carbonyl (C=O) groups is 2. The van der Waals surface area contributed by atoms with Gasteiger partial charge in [0.2, 0.25) is 5.91 Å². The molecule has 0 saturated carbocycles. The van der Waals surface area contributed by atoms with Crippen LogP contribution in [0.15, 0.2) is 42.5 Å². The highest BCUT2D eigenvalue weighted by molar-refractivity contribution is 6.05. The highest BCUT2D eigenvalue weighted by Crippen LogP contribution is 2.38. The molecular formula is C22H26N2O4. The number of benzene rings is 2. The predicted molar refractivity (Wildman–Crippen MR) is 109 cm³/mol. The third kappa shape index (κ3) is 3.96. The lowest BCUT2D eigenvalue weighted by Gasteiger charge is -2.26. The number of hydrogen-bond acceptors (Lipinski definition) is 4. The normalized spacial score (nSPS) is 15.3. The van der Waals surface area contributed by atoms with Gasteiger partial charge in [-0.3, -0.25) is 9.59 Å². The lowest BCUT2D eigenvalue weighted by molar-refractivity contribution is -0.127. The third-order valence-corrected chi connectivity index (χ3v) is 4.66. The van der Waals surface area contributed by atoms with Crippen LogP contribution in [-0.4, -0.2) is 31.6 Å². The number of fused-ring (bicyclic) bond motifs is 1. The molecule has 2 amide bonds. The lowest BCUT2D eigenvalue weighted by Crippen LogP contribution is -2.42. The van der Waals surface area contributed by atoms with E-state index in [9.17, 15) is 9.59 Å². The first-order chi connectivity index (χ1) is 13.4. The fourth-order valence-corrected chi connectivity index (χ4v) is 3.11. The SMILES string of the molecule is CCOc1ccc(C(=O)Nc2ccc3c(c2)OCC(C)(C)C(=O)N3CC)cc1. The zero-order chi connectivity index (χ0) is 20.3. The van der Waals surface area contributed by atoms with Crippen molar-refractivity contribution in [3.05, 3.63) is 48.0 Å². The van der Waals surface area contributed by atoms with Gasteiger partial charge in [0.25, 0.3) is 5.91 Å². The highest BCUT2D eigenvalue weighted by atomic mass is 16.5. The standard InChI is InChI=1S/C22H26N2O4/c1-5-24-18-12-9-16(13-19(18)28-14-22(3,4)21(24)26)23-20(25)15-7-10-17(11-8-15)27-6-2/h7-13H,5-6,14H2,1-4H3,(H,23,25). The number of nitrogens with zero attached hydrogens (tertiary/aromatic N) is 1. The van der Waals surface area contributed by atoms with E-state index in [1.54, 1.807) is 41.3 Å². The molecule has 2 aromatic carbocycles. The molecule has 0 spiro atoms. The molecule has 0 unspecified atom stereocenters. The molecule has 0 aliphatic carbocycles. The fraction of sp³-hybridized carbons (Fsp3) is 0.364. The number of ether oxygens (including phenoxy) is 2. The third-order valence-electron chi connectivity index (χ3n) is 4.66. The highest BCUT2D eigenvalue weighted by Gasteiger charge is 2.37. The summed E-state index contributed by atoms with van der Waals surface area (Å²) in [6.07, 6.45) is 0. The lowest BCUT2D eigenvalue weighted by atomic mass is 9.93. The van der Waals surface area contributed by atoms with Gasteiger partial charge in [0.05, 0.1) is 17.7 Å². The van der Waals surface area contributed by atoms with Crippen molar-refractivity contribution in [2.75, 3.05) is 30.0 Å². The van der Waals surface area contributed by atoms with Crippen molar-refractivity contribution in [1.29, 1.82) is 0 Å². The van der Waals surface area contributed by atoms with E-state index in [-0.39, 0.29) is 18.4 Å². The monoisotopic (exact) mass is 382 g/mol. The fourth-order valence-electron chi connectivity index (χ4n) is 3.11. The number of rotatable bonds is 5. The molecule has 148 valence electrons. The Kier molecular flexibility index (Phi) is 5.58. The minimum absolute atomic E-state index is 0.0277. The molecule has 0 atom stereocenters. The summed E-state index contributed by atoms with van der Waals surface area (Å²) in [6.45, 7) is 9.01. The average Bonchev–Trinajstić information content (AvgIpc) is 2.77. The van der Waals surface area contributed by atoms with Crippen molar-refractivity contribution in [3.63, 3.8) is 0 Å². The number of anilines is 2. The van der Waals surface area contributed by atoms with Gasteiger partial charge in [-0.05, 0) is 64.1 Å². The Morgan fingerprint density at radius 3 is 2.54 bits per heavy atom. The van der Waals surface area contributed by atoms with Crippen LogP contribution in [0.2, 0.25) is 0 Å². The minimum Gasteiger partial charge on any atom is -0.494 e. The molecule has 6 heteroatoms. The first-order valence-corrected chi connectivity index (χ1v) is 9.48. The molecule has 1 aliphatic rings. The van der Waals surface area contributed by atoms with E-state index in [0.29, 0.717) is 30.2 Å². The van der Waals surface area contributed by atoms with Gasteiger partial charge >= 0.3 is 0 Å². The summed E-state index contributed by atoms with van der Waals surface area (Å²) in [7, 11) is 0. The van der Waals surface area contributed by atoms with Crippen LogP contribution in [-0.2, 0) is 4.79 Å². The van der Waals surface area contributed by atoms with Crippen LogP contribution in [0, 0.1) is 5.41 Å². The van der Waals surface area contributed by atoms with Crippen LogP contribution in [0.1, 0.15) is 38.1 Å². The van der Waals surface area contributed by atoms with Gasteiger partial charge in [0, 0.05) is 23.9 Å². The molecule has 6 nitrogen and oxygen atoms in total. The second kappa shape index (κ2) is 7.92. The molecule has 0 fully saturated rings. The van der Waals surface area contributed by atoms with E-state index in [1.807, 2.05) is 33.8 Å². The van der Waals surface area contributed by atoms with E-state index in [2.05, 4.69) is 5.32 Å². The van der Waals surface area contributed by atoms with Crippen molar-refractivity contribution in [3.8, 4) is 11.5 Å². The Morgan fingerprint density at radius 2 is 1.89 bits per heavy atom. The van der Waals surface area contributed by atoms with Crippen molar-refractivity contribution >= 4 is 23.2 Å². The maximum absolute atomic E-state index is 12.7. The number of nitrogens with one attached hydrogen (secondary N) is 1. The van der Waals surface area contributed by atoms with Crippen molar-refractivity contribution in [2.24, 2.45) is 5.41 Å². The number of hydrogen-bond donors (Lipinski definition) is 1. The van der Waals surface area contributed by atoms with E-state index < -0.39 is 5.41 Å². The van der Waals surface area contributed by atoms with E-state index in [1.165, 1.54) is 0 Å². The molecule has 1 heterocycles. The Balaban J connectivity index is 1.81. The summed E-state index contributed by atoms with van der Waals surface area (Å²) in [6, 6.07) is 12.3. The summed E-state index contributed by atoms with van der Waals surface area (Å²) in [5.41, 5.74) is 1.25. The quantitative estimate of drug-likeness (QED) is 0.845. The van der Waals surface area contributed by atoms with E-state index >= 15 is 0 Å². The smallest absolute Gasteiger partial charge is 0.255 e. The average molecular weight is 382 g/mol. The molecule has 28 heavy (non-hydrogen) atoms. The Hall–Kier alpha value is -3.02. The van der Waals surface area contributed by atoms with E-state index in [0.717, 1.165) is 11.4 Å². The van der Waals surface area contributed by atoms with Gasteiger partial charge in [-0.25, -0.2) is 0 Å². The van der Waals surface area contributed by atoms with Crippen LogP contribution in [0.5, 0.6) is 11.5 Å². The molecule has 1 aliphatic heterocycles. The minimum atomic E-state index is -0.610. The summed E-state index contributed by atoms with van der Waals surface area (Å²) in [4.78, 5) is 27.0. The van der Waals surface area contributed by atoms with Gasteiger partial charge < -0.3 is 19.7 Å². The van der Waals surface area contributed by atoms with Crippen LogP contribution in [0.4, 0.5) is 11.4 Å². The summed E-state index contributed by atoms with van der Waals surface area (Å²) in [5, 5.41) is 2.88. The molecule has 0 bridgehead atoms. The van der Waals surface area contributed by atoms with Crippen molar-refractivity contribution in [1.82, 2.24) is 0 Å². The largest absolute Gasteiger partial charge is 0.494 e. The zero-order valence-electron chi connectivity index (χ0n) is 16.7. The maximum Gasteiger partial charge on any atom is 0.255 e. The first kappa shape index (κ1) is 19.7. The summed E-state index contributed by atoms with van der Waals surface area (Å²) in [5.74, 6) is 1.12. The molecule has 1 N–H and O–H groups in total. The van der Waals surface area contributed by atoms with Crippen molar-refractivity contribution in [2.45, 2.75) is 27.7 Å². The zero-order valence-corrected chi connectivity index (χ0v) is 16.7. The Labute approximate surface area is 165 Å². The van der Waals surface area contributed by atoms with Gasteiger partial charge in [0.1, 0.15) is 18.1 Å². The van der Waals surface area contributed by atoms with Gasteiger partial charge in [0.15, 0.2) is 0 Å². The first-order valence-electron chi connectivity index (χ1n) is 9.48. The van der Waals surface area contributed by atoms with Crippen LogP contribution in [0.25, 0.3) is 0 Å². The van der Waals surface area contributed by atoms with Crippen LogP contribution in [0.3, 0.4) is 0 Å². The Morgan fingerprint density at radius 1 is 1.18 bits per heavy atom. The second-order valence-electron chi connectivity index (χ2n) is 7.32. The second-order valence-corrected chi connectivity index (χ2v) is 7.32. The van der Waals surface area contributed by atoms with E-state index in [4.69, 9.17) is 9.47 Å². The topological polar surface area (TPSA) is 67.9 Å². The predicted octanol–water partition coefficient (Wildman–Crippen LogP) is 4.11. The van der Waals surface area contributed by atoms with Gasteiger partial charge in [-0.2, -0.15) is 0 Å². The molecule has 2 aromatic rings. The maximum atomic E-state index is 12.7. The number of amides is 2. The van der Waals surface area contributed by atoms with Gasteiger partial charge in [-0.15, -0.1) is 0 Å². The Bertz CT molecular complexity index is 875. The molecule has 0 saturated heterocycles. The summed E-state index contributed by atoms with van der Waals surface area (Å²) >= 11 is 0. The van der Waals surface area contributed by atoms with Gasteiger partial charge in [-0.1, -0.05) is 0 Å². The summed E-state index contributed by atoms with van der Waals surface area (Å²) < 4.78 is 11.3. The molecule has 3 rings (SSSR count). The molecular weight excluding hydrogens is 356 g/mol. The van der Waals surface area contributed by atoms with Crippen LogP contribution < -0.4 is 19.7 Å². The van der Waals surface area contributed by atoms with Crippen LogP contribution >= 0.6 is 0 Å².